The molecule has 0 atom stereocenters. The number of halogens is 1. The topological polar surface area (TPSA) is 102 Å². The van der Waals surface area contributed by atoms with E-state index in [0.717, 1.165) is 10.1 Å². The van der Waals surface area contributed by atoms with Gasteiger partial charge in [0, 0.05) is 27.8 Å². The van der Waals surface area contributed by atoms with Gasteiger partial charge in [0.05, 0.1) is 5.02 Å². The molecule has 172 valence electrons. The molecule has 9 heteroatoms. The van der Waals surface area contributed by atoms with Crippen LogP contribution in [0.25, 0.3) is 10.1 Å². The number of amides is 2. The Morgan fingerprint density at radius 1 is 1.03 bits per heavy atom. The highest BCUT2D eigenvalue weighted by Gasteiger charge is 2.18. The van der Waals surface area contributed by atoms with Gasteiger partial charge in [0.2, 0.25) is 5.91 Å². The van der Waals surface area contributed by atoms with Crippen molar-refractivity contribution in [2.45, 2.75) is 20.3 Å². The van der Waals surface area contributed by atoms with Crippen LogP contribution in [-0.4, -0.2) is 36.7 Å². The van der Waals surface area contributed by atoms with Crippen LogP contribution < -0.4 is 10.6 Å². The molecule has 0 saturated heterocycles. The predicted octanol–water partition coefficient (Wildman–Crippen LogP) is 4.70. The van der Waals surface area contributed by atoms with Crippen LogP contribution >= 0.6 is 22.9 Å². The number of esters is 1. The highest BCUT2D eigenvalue weighted by atomic mass is 35.5. The van der Waals surface area contributed by atoms with Gasteiger partial charge in [-0.2, -0.15) is 0 Å². The maximum atomic E-state index is 12.4. The van der Waals surface area contributed by atoms with Gasteiger partial charge in [-0.3, -0.25) is 19.2 Å². The van der Waals surface area contributed by atoms with E-state index in [9.17, 15) is 19.2 Å². The number of rotatable bonds is 9. The second-order valence-electron chi connectivity index (χ2n) is 7.73. The molecule has 1 heterocycles. The Morgan fingerprint density at radius 2 is 1.73 bits per heavy atom. The van der Waals surface area contributed by atoms with E-state index in [0.29, 0.717) is 27.6 Å². The van der Waals surface area contributed by atoms with E-state index in [1.165, 1.54) is 11.3 Å². The van der Waals surface area contributed by atoms with Crippen molar-refractivity contribution in [2.24, 2.45) is 5.92 Å². The van der Waals surface area contributed by atoms with Gasteiger partial charge in [0.1, 0.15) is 11.4 Å². The molecule has 2 amide bonds. The number of fused-ring (bicyclic) bond motifs is 1. The number of hydrogen-bond donors (Lipinski definition) is 2. The SMILES string of the molecule is CC(C)CC(=O)Nc1ccc(C(=O)COC(=O)CNC(=O)c2sc3ccccc3c2Cl)cc1. The molecule has 33 heavy (non-hydrogen) atoms. The van der Waals surface area contributed by atoms with Crippen LogP contribution in [0.15, 0.2) is 48.5 Å². The lowest BCUT2D eigenvalue weighted by molar-refractivity contribution is -0.141. The first-order chi connectivity index (χ1) is 15.7. The third-order valence-electron chi connectivity index (χ3n) is 4.58. The summed E-state index contributed by atoms with van der Waals surface area (Å²) in [7, 11) is 0. The van der Waals surface area contributed by atoms with E-state index >= 15 is 0 Å². The molecule has 0 fully saturated rings. The van der Waals surface area contributed by atoms with E-state index in [2.05, 4.69) is 10.6 Å². The third-order valence-corrected chi connectivity index (χ3v) is 6.26. The highest BCUT2D eigenvalue weighted by Crippen LogP contribution is 2.34. The second-order valence-corrected chi connectivity index (χ2v) is 9.16. The smallest absolute Gasteiger partial charge is 0.325 e. The van der Waals surface area contributed by atoms with Gasteiger partial charge in [-0.25, -0.2) is 0 Å². The molecule has 0 unspecified atom stereocenters. The monoisotopic (exact) mass is 486 g/mol. The lowest BCUT2D eigenvalue weighted by Gasteiger charge is -2.08. The highest BCUT2D eigenvalue weighted by molar-refractivity contribution is 7.21. The summed E-state index contributed by atoms with van der Waals surface area (Å²) in [5.41, 5.74) is 0.919. The Balaban J connectivity index is 1.46. The number of carbonyl (C=O) groups is 4. The predicted molar refractivity (Wildman–Crippen MR) is 129 cm³/mol. The molecule has 2 N–H and O–H groups in total. The van der Waals surface area contributed by atoms with Gasteiger partial charge in [-0.15, -0.1) is 11.3 Å². The molecule has 0 spiro atoms. The number of thiophene rings is 1. The Kier molecular flexibility index (Phi) is 8.19. The average Bonchev–Trinajstić information content (AvgIpc) is 3.12. The van der Waals surface area contributed by atoms with Crippen molar-refractivity contribution in [3.8, 4) is 0 Å². The van der Waals surface area contributed by atoms with Crippen molar-refractivity contribution in [3.05, 3.63) is 64.0 Å². The average molecular weight is 487 g/mol. The summed E-state index contributed by atoms with van der Waals surface area (Å²) in [5, 5.41) is 6.33. The first kappa shape index (κ1) is 24.4. The van der Waals surface area contributed by atoms with Crippen molar-refractivity contribution < 1.29 is 23.9 Å². The summed E-state index contributed by atoms with van der Waals surface area (Å²) in [6.45, 7) is 3.05. The minimum atomic E-state index is -0.744. The summed E-state index contributed by atoms with van der Waals surface area (Å²) < 4.78 is 5.84. The van der Waals surface area contributed by atoms with Gasteiger partial charge >= 0.3 is 5.97 Å². The van der Waals surface area contributed by atoms with E-state index in [-0.39, 0.29) is 11.8 Å². The minimum Gasteiger partial charge on any atom is -0.456 e. The fourth-order valence-corrected chi connectivity index (χ4v) is 4.43. The van der Waals surface area contributed by atoms with Crippen LogP contribution in [0.4, 0.5) is 5.69 Å². The summed E-state index contributed by atoms with van der Waals surface area (Å²) in [6, 6.07) is 13.7. The van der Waals surface area contributed by atoms with Crippen LogP contribution in [0.2, 0.25) is 5.02 Å². The molecule has 7 nitrogen and oxygen atoms in total. The number of Topliss-reactive ketones (excluding diaryl/α,β-unsaturated/α-hetero) is 1. The molecule has 0 bridgehead atoms. The maximum absolute atomic E-state index is 12.4. The van der Waals surface area contributed by atoms with Crippen LogP contribution in [0.1, 0.15) is 40.3 Å². The standard InChI is InChI=1S/C24H23ClN2O5S/c1-14(2)11-20(29)27-16-9-7-15(8-10-16)18(28)13-32-21(30)12-26-24(31)23-22(25)17-5-3-4-6-19(17)33-23/h3-10,14H,11-13H2,1-2H3,(H,26,31)(H,27,29). The van der Waals surface area contributed by atoms with Crippen LogP contribution in [-0.2, 0) is 14.3 Å². The molecule has 0 aliphatic rings. The number of ketones is 1. The maximum Gasteiger partial charge on any atom is 0.325 e. The molecule has 0 radical (unpaired) electrons. The van der Waals surface area contributed by atoms with Gasteiger partial charge in [-0.1, -0.05) is 43.6 Å². The largest absolute Gasteiger partial charge is 0.456 e. The Labute approximate surface area is 200 Å². The number of benzene rings is 2. The van der Waals surface area contributed by atoms with Crippen molar-refractivity contribution in [2.75, 3.05) is 18.5 Å². The Bertz CT molecular complexity index is 1190. The number of anilines is 1. The summed E-state index contributed by atoms with van der Waals surface area (Å²) >= 11 is 7.49. The Hall–Kier alpha value is -3.23. The molecule has 1 aromatic heterocycles. The lowest BCUT2D eigenvalue weighted by atomic mass is 10.1. The molecule has 2 aromatic carbocycles. The van der Waals surface area contributed by atoms with Crippen molar-refractivity contribution in [3.63, 3.8) is 0 Å². The Morgan fingerprint density at radius 3 is 2.39 bits per heavy atom. The first-order valence-electron chi connectivity index (χ1n) is 10.3. The van der Waals surface area contributed by atoms with E-state index in [1.54, 1.807) is 24.3 Å². The van der Waals surface area contributed by atoms with Gasteiger partial charge in [0.15, 0.2) is 12.4 Å². The normalized spacial score (nSPS) is 10.8. The summed E-state index contributed by atoms with van der Waals surface area (Å²) in [4.78, 5) is 48.7. The zero-order valence-electron chi connectivity index (χ0n) is 18.1. The molecular formula is C24H23ClN2O5S. The molecular weight excluding hydrogens is 464 g/mol. The number of carbonyl (C=O) groups excluding carboxylic acids is 4. The van der Waals surface area contributed by atoms with Crippen molar-refractivity contribution in [1.82, 2.24) is 5.32 Å². The van der Waals surface area contributed by atoms with Gasteiger partial charge in [0.25, 0.3) is 5.91 Å². The van der Waals surface area contributed by atoms with E-state index in [4.69, 9.17) is 16.3 Å². The zero-order chi connectivity index (χ0) is 24.0. The van der Waals surface area contributed by atoms with Crippen LogP contribution in [0.5, 0.6) is 0 Å². The number of ether oxygens (including phenoxy) is 1. The van der Waals surface area contributed by atoms with Crippen molar-refractivity contribution >= 4 is 62.3 Å². The molecule has 3 rings (SSSR count). The number of hydrogen-bond acceptors (Lipinski definition) is 6. The molecule has 0 saturated carbocycles. The first-order valence-corrected chi connectivity index (χ1v) is 11.5. The molecule has 0 aliphatic heterocycles. The van der Waals surface area contributed by atoms with Gasteiger partial charge in [-0.05, 0) is 36.2 Å². The van der Waals surface area contributed by atoms with Gasteiger partial charge < -0.3 is 15.4 Å². The van der Waals surface area contributed by atoms with E-state index < -0.39 is 30.8 Å². The fourth-order valence-electron chi connectivity index (χ4n) is 3.00. The fraction of sp³-hybridized carbons (Fsp3) is 0.250. The third kappa shape index (κ3) is 6.63. The minimum absolute atomic E-state index is 0.100. The molecule has 0 aliphatic carbocycles. The van der Waals surface area contributed by atoms with Crippen LogP contribution in [0, 0.1) is 5.92 Å². The zero-order valence-corrected chi connectivity index (χ0v) is 19.7. The quantitative estimate of drug-likeness (QED) is 0.337. The lowest BCUT2D eigenvalue weighted by Crippen LogP contribution is -2.31. The van der Waals surface area contributed by atoms with Crippen molar-refractivity contribution in [1.29, 1.82) is 0 Å². The second kappa shape index (κ2) is 11.1. The summed E-state index contributed by atoms with van der Waals surface area (Å²) in [6.07, 6.45) is 0.405. The molecule has 3 aromatic rings. The van der Waals surface area contributed by atoms with E-state index in [1.807, 2.05) is 38.1 Å². The van der Waals surface area contributed by atoms with Crippen LogP contribution in [0.3, 0.4) is 0 Å². The summed E-state index contributed by atoms with van der Waals surface area (Å²) in [5.74, 6) is -1.49. The number of nitrogens with one attached hydrogen (secondary N) is 2.